The van der Waals surface area contributed by atoms with Crippen molar-refractivity contribution < 1.29 is 9.31 Å². The van der Waals surface area contributed by atoms with Crippen LogP contribution in [0.15, 0.2) is 16.6 Å². The zero-order valence-electron chi connectivity index (χ0n) is 7.28. The Morgan fingerprint density at radius 1 is 1.83 bits per heavy atom. The van der Waals surface area contributed by atoms with E-state index in [1.54, 1.807) is 7.48 Å². The number of hydrogen-bond acceptors (Lipinski definition) is 3. The van der Waals surface area contributed by atoms with Crippen molar-refractivity contribution in [3.63, 3.8) is 0 Å². The van der Waals surface area contributed by atoms with E-state index in [4.69, 9.17) is 9.31 Å². The van der Waals surface area contributed by atoms with E-state index in [0.29, 0.717) is 0 Å². The molecule has 2 aliphatic heterocycles. The maximum absolute atomic E-state index is 5.20. The fraction of sp³-hybridized carbons (Fsp3) is 0.571. The smallest absolute Gasteiger partial charge is 0.473 e. The zero-order chi connectivity index (χ0) is 8.55. The van der Waals surface area contributed by atoms with Crippen LogP contribution in [0.4, 0.5) is 0 Å². The lowest BCUT2D eigenvalue weighted by molar-refractivity contribution is 0.513. The molecular formula is C7H10B2NO2. The summed E-state index contributed by atoms with van der Waals surface area (Å²) in [6.45, 7) is 4.95. The Morgan fingerprint density at radius 3 is 3.17 bits per heavy atom. The summed E-state index contributed by atoms with van der Waals surface area (Å²) in [6.07, 6.45) is 2.06. The van der Waals surface area contributed by atoms with E-state index < -0.39 is 0 Å². The van der Waals surface area contributed by atoms with Crippen molar-refractivity contribution in [1.29, 1.82) is 0 Å². The van der Waals surface area contributed by atoms with Crippen LogP contribution < -0.4 is 0 Å². The van der Waals surface area contributed by atoms with Gasteiger partial charge in [0, 0.05) is 0 Å². The average Bonchev–Trinajstić information content (AvgIpc) is 2.89. The summed E-state index contributed by atoms with van der Waals surface area (Å²) in [5, 5.41) is 0. The molecule has 2 aliphatic rings. The first-order valence-corrected chi connectivity index (χ1v) is 4.13. The third-order valence-corrected chi connectivity index (χ3v) is 2.00. The third kappa shape index (κ3) is 1.72. The van der Waals surface area contributed by atoms with Crippen LogP contribution in [-0.2, 0) is 9.31 Å². The summed E-state index contributed by atoms with van der Waals surface area (Å²) in [4.78, 5) is 4.28. The monoisotopic (exact) mass is 162 g/mol. The molecule has 5 heteroatoms. The fourth-order valence-electron chi connectivity index (χ4n) is 0.913. The van der Waals surface area contributed by atoms with E-state index in [1.165, 1.54) is 5.57 Å². The lowest BCUT2D eigenvalue weighted by atomic mass is 9.65. The van der Waals surface area contributed by atoms with Crippen molar-refractivity contribution in [3.05, 3.63) is 11.6 Å². The molecule has 0 aromatic carbocycles. The van der Waals surface area contributed by atoms with Gasteiger partial charge in [0.1, 0.15) is 0 Å². The van der Waals surface area contributed by atoms with E-state index in [0.717, 1.165) is 12.3 Å². The number of hydrogen-bond donors (Lipinski definition) is 0. The van der Waals surface area contributed by atoms with Crippen LogP contribution in [-0.4, -0.2) is 32.6 Å². The van der Waals surface area contributed by atoms with Gasteiger partial charge in [0.15, 0.2) is 5.80 Å². The molecule has 0 amide bonds. The summed E-state index contributed by atoms with van der Waals surface area (Å²) in [6, 6.07) is 0. The zero-order valence-corrected chi connectivity index (χ0v) is 7.28. The van der Waals surface area contributed by atoms with Crippen molar-refractivity contribution >= 4 is 20.2 Å². The first kappa shape index (κ1) is 7.92. The van der Waals surface area contributed by atoms with E-state index in [2.05, 4.69) is 18.0 Å². The molecule has 0 bridgehead atoms. The van der Waals surface area contributed by atoms with E-state index in [-0.39, 0.29) is 12.8 Å². The molecule has 0 saturated carbocycles. The topological polar surface area (TPSA) is 37.4 Å². The lowest BCUT2D eigenvalue weighted by Crippen LogP contribution is -2.05. The van der Waals surface area contributed by atoms with Gasteiger partial charge >= 0.3 is 14.4 Å². The molecule has 0 N–H and O–H groups in total. The van der Waals surface area contributed by atoms with Crippen molar-refractivity contribution in [2.24, 2.45) is 4.99 Å². The SMILES string of the molecule is C/C=C(\C)CN=C1OB1C1[B]O1. The van der Waals surface area contributed by atoms with Crippen molar-refractivity contribution in [3.8, 4) is 0 Å². The van der Waals surface area contributed by atoms with Gasteiger partial charge in [0.25, 0.3) is 0 Å². The third-order valence-electron chi connectivity index (χ3n) is 2.00. The second kappa shape index (κ2) is 2.98. The highest BCUT2D eigenvalue weighted by atomic mass is 16.6. The van der Waals surface area contributed by atoms with Crippen LogP contribution in [0.1, 0.15) is 13.8 Å². The molecule has 2 rings (SSSR count). The van der Waals surface area contributed by atoms with Gasteiger partial charge in [-0.3, -0.25) is 4.99 Å². The fourth-order valence-corrected chi connectivity index (χ4v) is 0.913. The van der Waals surface area contributed by atoms with E-state index in [1.807, 2.05) is 6.92 Å². The van der Waals surface area contributed by atoms with Gasteiger partial charge in [-0.25, -0.2) is 0 Å². The minimum atomic E-state index is 0.134. The predicted molar refractivity (Wildman–Crippen MR) is 49.2 cm³/mol. The Bertz CT molecular complexity index is 248. The summed E-state index contributed by atoms with van der Waals surface area (Å²) >= 11 is 0. The highest BCUT2D eigenvalue weighted by Gasteiger charge is 2.56. The Balaban J connectivity index is 1.79. The van der Waals surface area contributed by atoms with Crippen LogP contribution in [0.5, 0.6) is 0 Å². The van der Waals surface area contributed by atoms with Crippen LogP contribution in [0.2, 0.25) is 0 Å². The molecule has 0 aromatic heterocycles. The Kier molecular flexibility index (Phi) is 1.97. The molecule has 0 aromatic rings. The Labute approximate surface area is 73.2 Å². The van der Waals surface area contributed by atoms with Gasteiger partial charge in [-0.2, -0.15) is 0 Å². The molecule has 1 unspecified atom stereocenters. The molecule has 2 saturated heterocycles. The van der Waals surface area contributed by atoms with Crippen molar-refractivity contribution in [1.82, 2.24) is 0 Å². The van der Waals surface area contributed by atoms with Gasteiger partial charge in [-0.05, 0) is 13.8 Å². The molecule has 0 aliphatic carbocycles. The molecule has 2 fully saturated rings. The minimum absolute atomic E-state index is 0.134. The number of rotatable bonds is 3. The number of nitrogens with zero attached hydrogens (tertiary/aromatic N) is 1. The largest absolute Gasteiger partial charge is 0.545 e. The second-order valence-corrected chi connectivity index (χ2v) is 3.06. The van der Waals surface area contributed by atoms with Crippen LogP contribution in [0.25, 0.3) is 0 Å². The summed E-state index contributed by atoms with van der Waals surface area (Å²) in [7, 11) is 1.77. The van der Waals surface area contributed by atoms with E-state index >= 15 is 0 Å². The molecule has 1 atom stereocenters. The van der Waals surface area contributed by atoms with Gasteiger partial charge in [-0.15, -0.1) is 0 Å². The van der Waals surface area contributed by atoms with Crippen molar-refractivity contribution in [2.75, 3.05) is 6.54 Å². The van der Waals surface area contributed by atoms with Crippen molar-refractivity contribution in [2.45, 2.75) is 19.8 Å². The van der Waals surface area contributed by atoms with Gasteiger partial charge in [0.05, 0.1) is 12.4 Å². The standard InChI is InChI=1S/C7H10B2NO2/c1-3-5(2)4-10-7-9(12-7)6-8-11-6/h3,6H,4H2,1-2H3/b5-3+,10-7?. The molecule has 61 valence electrons. The van der Waals surface area contributed by atoms with Gasteiger partial charge in [-0.1, -0.05) is 11.6 Å². The number of aliphatic imine (C=N–C) groups is 1. The van der Waals surface area contributed by atoms with Crippen LogP contribution in [0.3, 0.4) is 0 Å². The normalized spacial score (nSPS) is 29.8. The van der Waals surface area contributed by atoms with Crippen LogP contribution >= 0.6 is 0 Å². The van der Waals surface area contributed by atoms with Crippen LogP contribution in [0, 0.1) is 0 Å². The highest BCUT2D eigenvalue weighted by molar-refractivity contribution is 7.04. The summed E-state index contributed by atoms with van der Waals surface area (Å²) < 4.78 is 10.2. The number of allylic oxidation sites excluding steroid dienone is 1. The van der Waals surface area contributed by atoms with Gasteiger partial charge in [0.2, 0.25) is 0 Å². The maximum Gasteiger partial charge on any atom is 0.473 e. The molecular weight excluding hydrogens is 152 g/mol. The predicted octanol–water partition coefficient (Wildman–Crippen LogP) is 0.427. The summed E-state index contributed by atoms with van der Waals surface area (Å²) in [5.74, 6) is 1.03. The molecule has 12 heavy (non-hydrogen) atoms. The molecule has 3 nitrogen and oxygen atoms in total. The quantitative estimate of drug-likeness (QED) is 0.342. The van der Waals surface area contributed by atoms with Gasteiger partial charge < -0.3 is 9.31 Å². The average molecular weight is 162 g/mol. The first-order valence-electron chi connectivity index (χ1n) is 4.13. The lowest BCUT2D eigenvalue weighted by Gasteiger charge is -1.88. The summed E-state index contributed by atoms with van der Waals surface area (Å²) in [5.41, 5.74) is 1.26. The minimum Gasteiger partial charge on any atom is -0.545 e. The highest BCUT2D eigenvalue weighted by Crippen LogP contribution is 2.23. The second-order valence-electron chi connectivity index (χ2n) is 3.06. The molecule has 0 spiro atoms. The Hall–Kier alpha value is -0.700. The first-order chi connectivity index (χ1) is 5.81. The maximum atomic E-state index is 5.20. The molecule has 1 radical (unpaired) electrons. The molecule has 2 heterocycles. The van der Waals surface area contributed by atoms with E-state index in [9.17, 15) is 0 Å². The Morgan fingerprint density at radius 2 is 2.58 bits per heavy atom.